The van der Waals surface area contributed by atoms with Gasteiger partial charge in [-0.1, -0.05) is 5.16 Å². The van der Waals surface area contributed by atoms with Gasteiger partial charge in [-0.3, -0.25) is 14.0 Å². The lowest BCUT2D eigenvalue weighted by atomic mass is 10.3. The van der Waals surface area contributed by atoms with Crippen molar-refractivity contribution in [2.24, 2.45) is 0 Å². The summed E-state index contributed by atoms with van der Waals surface area (Å²) in [6.07, 6.45) is 3.47. The first kappa shape index (κ1) is 16.2. The summed E-state index contributed by atoms with van der Waals surface area (Å²) < 4.78 is 16.8. The molecule has 132 valence electrons. The van der Waals surface area contributed by atoms with Gasteiger partial charge in [0, 0.05) is 24.1 Å². The fourth-order valence-corrected chi connectivity index (χ4v) is 3.00. The van der Waals surface area contributed by atoms with Crippen molar-refractivity contribution in [1.82, 2.24) is 19.5 Å². The Balaban J connectivity index is 1.32. The summed E-state index contributed by atoms with van der Waals surface area (Å²) in [5.74, 6) is 0.678. The lowest BCUT2D eigenvalue weighted by Crippen LogP contribution is -2.14. The molecule has 0 unspecified atom stereocenters. The maximum absolute atomic E-state index is 11.9. The molecule has 0 aliphatic rings. The molecule has 0 amide bonds. The van der Waals surface area contributed by atoms with Crippen LogP contribution >= 0.6 is 11.3 Å². The number of ether oxygens (including phenoxy) is 1. The van der Waals surface area contributed by atoms with Crippen LogP contribution in [0.4, 0.5) is 0 Å². The van der Waals surface area contributed by atoms with Crippen LogP contribution < -0.4 is 5.56 Å². The van der Waals surface area contributed by atoms with Crippen LogP contribution in [0, 0.1) is 0 Å². The Morgan fingerprint density at radius 3 is 3.12 bits per heavy atom. The SMILES string of the molecule is O=C(CCc1nc(-c2ccco2)no1)OCc1cc(=O)n2ccsc2n1. The largest absolute Gasteiger partial charge is 0.461 e. The molecule has 9 nitrogen and oxygen atoms in total. The highest BCUT2D eigenvalue weighted by Gasteiger charge is 2.13. The number of fused-ring (bicyclic) bond motifs is 1. The molecular weight excluding hydrogens is 360 g/mol. The number of hydrogen-bond donors (Lipinski definition) is 0. The Morgan fingerprint density at radius 1 is 1.35 bits per heavy atom. The zero-order valence-electron chi connectivity index (χ0n) is 13.3. The maximum Gasteiger partial charge on any atom is 0.306 e. The summed E-state index contributed by atoms with van der Waals surface area (Å²) in [6, 6.07) is 4.78. The van der Waals surface area contributed by atoms with Crippen LogP contribution in [0.2, 0.25) is 0 Å². The average molecular weight is 372 g/mol. The Hall–Kier alpha value is -3.27. The predicted octanol–water partition coefficient (Wildman–Crippen LogP) is 2.08. The zero-order valence-corrected chi connectivity index (χ0v) is 14.1. The van der Waals surface area contributed by atoms with Crippen molar-refractivity contribution < 1.29 is 18.5 Å². The Kier molecular flexibility index (Phi) is 4.32. The average Bonchev–Trinajstić information content (AvgIpc) is 3.38. The fourth-order valence-electron chi connectivity index (χ4n) is 2.26. The van der Waals surface area contributed by atoms with Crippen LogP contribution in [-0.4, -0.2) is 25.5 Å². The number of nitrogens with zero attached hydrogens (tertiary/aromatic N) is 4. The molecule has 4 aromatic heterocycles. The van der Waals surface area contributed by atoms with E-state index in [2.05, 4.69) is 15.1 Å². The first-order chi connectivity index (χ1) is 12.7. The zero-order chi connectivity index (χ0) is 17.9. The van der Waals surface area contributed by atoms with E-state index in [1.54, 1.807) is 23.7 Å². The van der Waals surface area contributed by atoms with Gasteiger partial charge in [-0.15, -0.1) is 11.3 Å². The summed E-state index contributed by atoms with van der Waals surface area (Å²) in [4.78, 5) is 32.7. The number of hydrogen-bond acceptors (Lipinski definition) is 9. The molecule has 10 heteroatoms. The van der Waals surface area contributed by atoms with Gasteiger partial charge in [0.2, 0.25) is 11.7 Å². The number of thiazole rings is 1. The highest BCUT2D eigenvalue weighted by Crippen LogP contribution is 2.16. The van der Waals surface area contributed by atoms with Gasteiger partial charge in [-0.25, -0.2) is 4.98 Å². The van der Waals surface area contributed by atoms with E-state index in [9.17, 15) is 9.59 Å². The van der Waals surface area contributed by atoms with Gasteiger partial charge in [0.25, 0.3) is 5.56 Å². The smallest absolute Gasteiger partial charge is 0.306 e. The van der Waals surface area contributed by atoms with Crippen molar-refractivity contribution in [2.75, 3.05) is 0 Å². The molecule has 0 bridgehead atoms. The van der Waals surface area contributed by atoms with Crippen LogP contribution in [-0.2, 0) is 22.6 Å². The van der Waals surface area contributed by atoms with Gasteiger partial charge in [-0.05, 0) is 12.1 Å². The topological polar surface area (TPSA) is 113 Å². The first-order valence-electron chi connectivity index (χ1n) is 7.67. The normalized spacial score (nSPS) is 11.1. The number of rotatable bonds is 6. The molecule has 0 radical (unpaired) electrons. The molecule has 0 aromatic carbocycles. The Labute approximate surface area is 149 Å². The number of carbonyl (C=O) groups excluding carboxylic acids is 1. The second kappa shape index (κ2) is 6.92. The lowest BCUT2D eigenvalue weighted by molar-refractivity contribution is -0.145. The van der Waals surface area contributed by atoms with Crippen LogP contribution in [0.15, 0.2) is 49.8 Å². The van der Waals surface area contributed by atoms with Crippen molar-refractivity contribution in [2.45, 2.75) is 19.4 Å². The molecule has 0 N–H and O–H groups in total. The van der Waals surface area contributed by atoms with Gasteiger partial charge >= 0.3 is 5.97 Å². The van der Waals surface area contributed by atoms with E-state index in [1.807, 2.05) is 0 Å². The van der Waals surface area contributed by atoms with Crippen LogP contribution in [0.5, 0.6) is 0 Å². The second-order valence-corrected chi connectivity index (χ2v) is 6.16. The van der Waals surface area contributed by atoms with E-state index < -0.39 is 5.97 Å². The lowest BCUT2D eigenvalue weighted by Gasteiger charge is -2.03. The summed E-state index contributed by atoms with van der Waals surface area (Å²) >= 11 is 1.33. The first-order valence-corrected chi connectivity index (χ1v) is 8.55. The summed E-state index contributed by atoms with van der Waals surface area (Å²) in [7, 11) is 0. The number of aromatic nitrogens is 4. The van der Waals surface area contributed by atoms with Crippen molar-refractivity contribution in [3.8, 4) is 11.6 Å². The third-order valence-electron chi connectivity index (χ3n) is 3.49. The molecule has 0 saturated carbocycles. The molecule has 0 spiro atoms. The van der Waals surface area contributed by atoms with E-state index in [4.69, 9.17) is 13.7 Å². The third-order valence-corrected chi connectivity index (χ3v) is 4.25. The van der Waals surface area contributed by atoms with Gasteiger partial charge in [-0.2, -0.15) is 4.98 Å². The van der Waals surface area contributed by atoms with Gasteiger partial charge in [0.15, 0.2) is 10.7 Å². The van der Waals surface area contributed by atoms with Crippen LogP contribution in [0.3, 0.4) is 0 Å². The van der Waals surface area contributed by atoms with Gasteiger partial charge < -0.3 is 13.7 Å². The molecule has 0 aliphatic carbocycles. The van der Waals surface area contributed by atoms with Crippen molar-refractivity contribution >= 4 is 22.3 Å². The maximum atomic E-state index is 11.9. The molecule has 0 atom stereocenters. The van der Waals surface area contributed by atoms with E-state index in [1.165, 1.54) is 28.1 Å². The summed E-state index contributed by atoms with van der Waals surface area (Å²) in [6.45, 7) is -0.0655. The summed E-state index contributed by atoms with van der Waals surface area (Å²) in [5, 5.41) is 5.55. The standard InChI is InChI=1S/C16H12N4O5S/c21-13-8-10(17-16-20(13)5-7-26-16)9-24-14(22)4-3-12-18-15(19-25-12)11-2-1-6-23-11/h1-2,5-8H,3-4,9H2. The van der Waals surface area contributed by atoms with Crippen molar-refractivity contribution in [3.63, 3.8) is 0 Å². The van der Waals surface area contributed by atoms with E-state index in [-0.39, 0.29) is 25.0 Å². The van der Waals surface area contributed by atoms with E-state index in [0.29, 0.717) is 28.1 Å². The van der Waals surface area contributed by atoms with Gasteiger partial charge in [0.05, 0.1) is 18.4 Å². The fraction of sp³-hybridized carbons (Fsp3) is 0.188. The molecule has 0 fully saturated rings. The minimum absolute atomic E-state index is 0.0655. The Morgan fingerprint density at radius 2 is 2.27 bits per heavy atom. The molecular formula is C16H12N4O5S. The molecule has 4 rings (SSSR count). The minimum Gasteiger partial charge on any atom is -0.461 e. The molecule has 0 aliphatic heterocycles. The van der Waals surface area contributed by atoms with Crippen molar-refractivity contribution in [3.05, 3.63) is 58.0 Å². The highest BCUT2D eigenvalue weighted by molar-refractivity contribution is 7.15. The number of furan rings is 1. The van der Waals surface area contributed by atoms with Gasteiger partial charge in [0.1, 0.15) is 6.61 Å². The summed E-state index contributed by atoms with van der Waals surface area (Å²) in [5.41, 5.74) is 0.197. The quantitative estimate of drug-likeness (QED) is 0.473. The molecule has 4 aromatic rings. The van der Waals surface area contributed by atoms with Crippen molar-refractivity contribution in [1.29, 1.82) is 0 Å². The minimum atomic E-state index is -0.448. The molecule has 0 saturated heterocycles. The number of aryl methyl sites for hydroxylation is 1. The second-order valence-electron chi connectivity index (χ2n) is 5.29. The van der Waals surface area contributed by atoms with E-state index in [0.717, 1.165) is 0 Å². The monoisotopic (exact) mass is 372 g/mol. The molecule has 4 heterocycles. The number of esters is 1. The third kappa shape index (κ3) is 3.40. The van der Waals surface area contributed by atoms with E-state index >= 15 is 0 Å². The predicted molar refractivity (Wildman–Crippen MR) is 89.5 cm³/mol. The Bertz CT molecular complexity index is 1100. The van der Waals surface area contributed by atoms with Crippen LogP contribution in [0.1, 0.15) is 18.0 Å². The number of carbonyl (C=O) groups is 1. The molecule has 26 heavy (non-hydrogen) atoms. The van der Waals surface area contributed by atoms with Crippen LogP contribution in [0.25, 0.3) is 16.5 Å². The highest BCUT2D eigenvalue weighted by atomic mass is 32.1.